The highest BCUT2D eigenvalue weighted by atomic mass is 16.3. The third-order valence-corrected chi connectivity index (χ3v) is 3.78. The monoisotopic (exact) mass is 290 g/mol. The van der Waals surface area contributed by atoms with E-state index in [0.717, 1.165) is 12.8 Å². The van der Waals surface area contributed by atoms with Crippen LogP contribution in [-0.4, -0.2) is 81.8 Å². The van der Waals surface area contributed by atoms with Gasteiger partial charge >= 0.3 is 0 Å². The molecular weight excluding hydrogens is 264 g/mol. The molecule has 0 saturated carbocycles. The van der Waals surface area contributed by atoms with Gasteiger partial charge in [0.25, 0.3) is 0 Å². The summed E-state index contributed by atoms with van der Waals surface area (Å²) in [5.74, 6) is -0.198. The molecule has 7 heteroatoms. The van der Waals surface area contributed by atoms with Gasteiger partial charge in [0, 0.05) is 25.6 Å². The Bertz CT molecular complexity index is 302. The number of carbonyl (C=O) groups is 1. The number of nitrogens with zero attached hydrogens (tertiary/aromatic N) is 1. The lowest BCUT2D eigenvalue weighted by Crippen LogP contribution is -2.45. The van der Waals surface area contributed by atoms with Crippen LogP contribution < -0.4 is 5.32 Å². The number of amides is 1. The fourth-order valence-corrected chi connectivity index (χ4v) is 2.66. The van der Waals surface area contributed by atoms with Crippen LogP contribution in [0.3, 0.4) is 0 Å². The van der Waals surface area contributed by atoms with Crippen molar-refractivity contribution in [2.75, 3.05) is 26.3 Å². The molecule has 0 aliphatic carbocycles. The average Bonchev–Trinajstić information content (AvgIpc) is 2.64. The van der Waals surface area contributed by atoms with Gasteiger partial charge in [-0.2, -0.15) is 0 Å². The van der Waals surface area contributed by atoms with E-state index in [-0.39, 0.29) is 32.1 Å². The second kappa shape index (κ2) is 8.53. The average molecular weight is 290 g/mol. The molecule has 118 valence electrons. The fraction of sp³-hybridized carbons (Fsp3) is 0.923. The first kappa shape index (κ1) is 17.3. The predicted molar refractivity (Wildman–Crippen MR) is 73.0 cm³/mol. The van der Waals surface area contributed by atoms with E-state index in [9.17, 15) is 20.1 Å². The minimum absolute atomic E-state index is 0.0401. The van der Waals surface area contributed by atoms with Crippen LogP contribution in [0.2, 0.25) is 0 Å². The molecule has 7 nitrogen and oxygen atoms in total. The van der Waals surface area contributed by atoms with Crippen LogP contribution in [0.25, 0.3) is 0 Å². The lowest BCUT2D eigenvalue weighted by atomic mass is 10.1. The predicted octanol–water partition coefficient (Wildman–Crippen LogP) is -1.95. The maximum atomic E-state index is 11.8. The zero-order chi connectivity index (χ0) is 15.1. The Morgan fingerprint density at radius 2 is 1.85 bits per heavy atom. The summed E-state index contributed by atoms with van der Waals surface area (Å²) in [5.41, 5.74) is 0. The third kappa shape index (κ3) is 4.13. The number of hydrogen-bond donors (Lipinski definition) is 5. The molecule has 0 spiro atoms. The van der Waals surface area contributed by atoms with Crippen molar-refractivity contribution in [2.24, 2.45) is 0 Å². The first-order chi connectivity index (χ1) is 9.56. The highest BCUT2D eigenvalue weighted by Gasteiger charge is 2.47. The molecule has 5 N–H and O–H groups in total. The normalized spacial score (nSPS) is 30.6. The molecule has 0 unspecified atom stereocenters. The topological polar surface area (TPSA) is 113 Å². The summed E-state index contributed by atoms with van der Waals surface area (Å²) in [7, 11) is 0. The van der Waals surface area contributed by atoms with Crippen molar-refractivity contribution in [2.45, 2.75) is 50.5 Å². The lowest BCUT2D eigenvalue weighted by molar-refractivity contribution is -0.123. The van der Waals surface area contributed by atoms with E-state index in [4.69, 9.17) is 5.11 Å². The Kier molecular flexibility index (Phi) is 7.39. The molecule has 0 aromatic carbocycles. The van der Waals surface area contributed by atoms with E-state index in [1.165, 1.54) is 0 Å². The van der Waals surface area contributed by atoms with Crippen LogP contribution >= 0.6 is 0 Å². The van der Waals surface area contributed by atoms with Crippen molar-refractivity contribution in [3.8, 4) is 0 Å². The quantitative estimate of drug-likeness (QED) is 0.332. The summed E-state index contributed by atoms with van der Waals surface area (Å²) in [6, 6.07) is -1.23. The SMILES string of the molecule is CCCCNC(=O)C[C@@H]1[C@H](O)[C@H](O)[C@@H](CO)N1CCO. The Morgan fingerprint density at radius 1 is 1.20 bits per heavy atom. The number of unbranched alkanes of at least 4 members (excludes halogenated alkanes) is 1. The van der Waals surface area contributed by atoms with Gasteiger partial charge in [0.05, 0.1) is 31.5 Å². The van der Waals surface area contributed by atoms with Gasteiger partial charge < -0.3 is 25.7 Å². The van der Waals surface area contributed by atoms with Gasteiger partial charge in [0.2, 0.25) is 5.91 Å². The smallest absolute Gasteiger partial charge is 0.221 e. The molecule has 1 amide bonds. The number of aliphatic hydroxyl groups is 4. The lowest BCUT2D eigenvalue weighted by Gasteiger charge is -2.28. The Morgan fingerprint density at radius 3 is 2.40 bits per heavy atom. The third-order valence-electron chi connectivity index (χ3n) is 3.78. The highest BCUT2D eigenvalue weighted by molar-refractivity contribution is 5.76. The van der Waals surface area contributed by atoms with E-state index in [2.05, 4.69) is 5.32 Å². The van der Waals surface area contributed by atoms with Crippen LogP contribution in [0.4, 0.5) is 0 Å². The van der Waals surface area contributed by atoms with Crippen molar-refractivity contribution in [3.05, 3.63) is 0 Å². The van der Waals surface area contributed by atoms with E-state index in [1.54, 1.807) is 4.90 Å². The minimum Gasteiger partial charge on any atom is -0.395 e. The number of likely N-dealkylation sites (tertiary alicyclic amines) is 1. The number of rotatable bonds is 8. The number of aliphatic hydroxyl groups excluding tert-OH is 4. The summed E-state index contributed by atoms with van der Waals surface area (Å²) >= 11 is 0. The maximum absolute atomic E-state index is 11.8. The standard InChI is InChI=1S/C13H26N2O5/c1-2-3-4-14-11(18)7-9-12(19)13(20)10(8-17)15(9)5-6-16/h9-10,12-13,16-17,19-20H,2-8H2,1H3,(H,14,18)/t9-,10-,12+,13-/m1/s1. The van der Waals surface area contributed by atoms with Gasteiger partial charge in [-0.05, 0) is 6.42 Å². The molecule has 1 fully saturated rings. The number of hydrogen-bond acceptors (Lipinski definition) is 6. The Hall–Kier alpha value is -0.730. The zero-order valence-electron chi connectivity index (χ0n) is 11.9. The van der Waals surface area contributed by atoms with Gasteiger partial charge in [-0.1, -0.05) is 13.3 Å². The van der Waals surface area contributed by atoms with Gasteiger partial charge in [-0.15, -0.1) is 0 Å². The van der Waals surface area contributed by atoms with Crippen LogP contribution in [0, 0.1) is 0 Å². The van der Waals surface area contributed by atoms with E-state index in [0.29, 0.717) is 6.54 Å². The summed E-state index contributed by atoms with van der Waals surface area (Å²) in [6.45, 7) is 2.32. The molecule has 1 saturated heterocycles. The number of nitrogens with one attached hydrogen (secondary N) is 1. The van der Waals surface area contributed by atoms with Gasteiger partial charge in [-0.3, -0.25) is 9.69 Å². The Balaban J connectivity index is 2.62. The molecular formula is C13H26N2O5. The Labute approximate surface area is 119 Å². The van der Waals surface area contributed by atoms with Crippen molar-refractivity contribution in [1.29, 1.82) is 0 Å². The van der Waals surface area contributed by atoms with Gasteiger partial charge in [0.1, 0.15) is 0 Å². The molecule has 1 aliphatic rings. The second-order valence-corrected chi connectivity index (χ2v) is 5.17. The molecule has 1 heterocycles. The molecule has 0 bridgehead atoms. The summed E-state index contributed by atoms with van der Waals surface area (Å²) in [6.07, 6.45) is -0.302. The van der Waals surface area contributed by atoms with Crippen molar-refractivity contribution >= 4 is 5.91 Å². The van der Waals surface area contributed by atoms with Gasteiger partial charge in [0.15, 0.2) is 0 Å². The summed E-state index contributed by atoms with van der Waals surface area (Å²) in [4.78, 5) is 13.4. The van der Waals surface area contributed by atoms with Gasteiger partial charge in [-0.25, -0.2) is 0 Å². The molecule has 0 radical (unpaired) electrons. The number of carbonyl (C=O) groups excluding carboxylic acids is 1. The zero-order valence-corrected chi connectivity index (χ0v) is 11.9. The van der Waals surface area contributed by atoms with Crippen molar-refractivity contribution in [1.82, 2.24) is 10.2 Å². The summed E-state index contributed by atoms with van der Waals surface area (Å²) < 4.78 is 0. The van der Waals surface area contributed by atoms with Crippen molar-refractivity contribution in [3.63, 3.8) is 0 Å². The molecule has 1 rings (SSSR count). The molecule has 4 atom stereocenters. The van der Waals surface area contributed by atoms with E-state index in [1.807, 2.05) is 6.92 Å². The van der Waals surface area contributed by atoms with Crippen LogP contribution in [0.1, 0.15) is 26.2 Å². The minimum atomic E-state index is -1.11. The van der Waals surface area contributed by atoms with Crippen molar-refractivity contribution < 1.29 is 25.2 Å². The highest BCUT2D eigenvalue weighted by Crippen LogP contribution is 2.27. The maximum Gasteiger partial charge on any atom is 0.221 e. The van der Waals surface area contributed by atoms with E-state index >= 15 is 0 Å². The van der Waals surface area contributed by atoms with Crippen LogP contribution in [0.5, 0.6) is 0 Å². The first-order valence-electron chi connectivity index (χ1n) is 7.17. The molecule has 20 heavy (non-hydrogen) atoms. The largest absolute Gasteiger partial charge is 0.395 e. The number of β-amino-alcohol motifs (C(OH)–C–C–N with tert-alkyl or cyclic N) is 1. The fourth-order valence-electron chi connectivity index (χ4n) is 2.66. The molecule has 0 aromatic rings. The van der Waals surface area contributed by atoms with Crippen LogP contribution in [-0.2, 0) is 4.79 Å². The molecule has 1 aliphatic heterocycles. The first-order valence-corrected chi connectivity index (χ1v) is 7.17. The summed E-state index contributed by atoms with van der Waals surface area (Å²) in [5, 5.41) is 41.0. The molecule has 0 aromatic heterocycles. The second-order valence-electron chi connectivity index (χ2n) is 5.17. The van der Waals surface area contributed by atoms with E-state index < -0.39 is 24.3 Å². The van der Waals surface area contributed by atoms with Crippen LogP contribution in [0.15, 0.2) is 0 Å².